The first-order chi connectivity index (χ1) is 8.65. The highest BCUT2D eigenvalue weighted by Crippen LogP contribution is 2.22. The average Bonchev–Trinajstić information content (AvgIpc) is 2.36. The van der Waals surface area contributed by atoms with Crippen LogP contribution in [0.15, 0.2) is 18.2 Å². The second-order valence-electron chi connectivity index (χ2n) is 5.50. The van der Waals surface area contributed by atoms with E-state index in [1.54, 1.807) is 13.0 Å². The highest BCUT2D eigenvalue weighted by Gasteiger charge is 2.17. The Morgan fingerprint density at radius 3 is 2.67 bits per heavy atom. The van der Waals surface area contributed by atoms with Crippen LogP contribution in [0.5, 0.6) is 0 Å². The maximum Gasteiger partial charge on any atom is 0.126 e. The van der Waals surface area contributed by atoms with E-state index in [0.717, 1.165) is 43.0 Å². The maximum atomic E-state index is 13.1. The van der Waals surface area contributed by atoms with Gasteiger partial charge in [0.1, 0.15) is 5.82 Å². The fourth-order valence-electron chi connectivity index (χ4n) is 2.63. The van der Waals surface area contributed by atoms with Gasteiger partial charge in [-0.05, 0) is 62.3 Å². The lowest BCUT2D eigenvalue weighted by atomic mass is 9.86. The van der Waals surface area contributed by atoms with E-state index in [4.69, 9.17) is 5.73 Å². The molecule has 0 spiro atoms. The molecule has 1 aliphatic rings. The Morgan fingerprint density at radius 2 is 2.00 bits per heavy atom. The zero-order valence-electron chi connectivity index (χ0n) is 11.1. The third-order valence-corrected chi connectivity index (χ3v) is 3.88. The van der Waals surface area contributed by atoms with Crippen LogP contribution in [0, 0.1) is 18.7 Å². The van der Waals surface area contributed by atoms with Crippen molar-refractivity contribution in [1.82, 2.24) is 5.32 Å². The van der Waals surface area contributed by atoms with Crippen molar-refractivity contribution in [3.05, 3.63) is 35.1 Å². The third-order valence-electron chi connectivity index (χ3n) is 3.88. The molecule has 0 aliphatic heterocycles. The lowest BCUT2D eigenvalue weighted by Crippen LogP contribution is -2.31. The van der Waals surface area contributed by atoms with Gasteiger partial charge in [-0.1, -0.05) is 12.1 Å². The number of hydrogen-bond donors (Lipinski definition) is 2. The predicted octanol–water partition coefficient (Wildman–Crippen LogP) is 2.74. The monoisotopic (exact) mass is 250 g/mol. The third kappa shape index (κ3) is 3.79. The molecule has 3 heteroatoms. The SMILES string of the molecule is Cc1cc(CNCC2CCC(N)CC2)ccc1F. The molecule has 18 heavy (non-hydrogen) atoms. The molecule has 100 valence electrons. The van der Waals surface area contributed by atoms with Gasteiger partial charge in [-0.3, -0.25) is 0 Å². The number of hydrogen-bond acceptors (Lipinski definition) is 2. The summed E-state index contributed by atoms with van der Waals surface area (Å²) in [6, 6.07) is 5.73. The Hall–Kier alpha value is -0.930. The summed E-state index contributed by atoms with van der Waals surface area (Å²) in [5.74, 6) is 0.631. The van der Waals surface area contributed by atoms with Crippen molar-refractivity contribution in [3.63, 3.8) is 0 Å². The van der Waals surface area contributed by atoms with E-state index >= 15 is 0 Å². The van der Waals surface area contributed by atoms with Crippen LogP contribution in [0.2, 0.25) is 0 Å². The molecule has 0 atom stereocenters. The van der Waals surface area contributed by atoms with Gasteiger partial charge >= 0.3 is 0 Å². The van der Waals surface area contributed by atoms with Gasteiger partial charge < -0.3 is 11.1 Å². The van der Waals surface area contributed by atoms with E-state index < -0.39 is 0 Å². The molecule has 1 aromatic carbocycles. The van der Waals surface area contributed by atoms with Crippen molar-refractivity contribution in [3.8, 4) is 0 Å². The second-order valence-corrected chi connectivity index (χ2v) is 5.50. The van der Waals surface area contributed by atoms with E-state index in [1.165, 1.54) is 12.8 Å². The minimum atomic E-state index is -0.125. The number of aryl methyl sites for hydroxylation is 1. The van der Waals surface area contributed by atoms with Gasteiger partial charge in [0.25, 0.3) is 0 Å². The van der Waals surface area contributed by atoms with E-state index in [-0.39, 0.29) is 5.82 Å². The minimum absolute atomic E-state index is 0.125. The molecule has 2 nitrogen and oxygen atoms in total. The Labute approximate surface area is 109 Å². The van der Waals surface area contributed by atoms with E-state index in [2.05, 4.69) is 5.32 Å². The molecule has 1 saturated carbocycles. The summed E-state index contributed by atoms with van der Waals surface area (Å²) in [6.07, 6.45) is 4.78. The largest absolute Gasteiger partial charge is 0.328 e. The number of benzene rings is 1. The van der Waals surface area contributed by atoms with Crippen LogP contribution in [0.4, 0.5) is 4.39 Å². The summed E-state index contributed by atoms with van der Waals surface area (Å²) in [5, 5.41) is 3.47. The minimum Gasteiger partial charge on any atom is -0.328 e. The molecular formula is C15H23FN2. The van der Waals surface area contributed by atoms with Gasteiger partial charge in [-0.25, -0.2) is 4.39 Å². The van der Waals surface area contributed by atoms with Crippen LogP contribution in [0.1, 0.15) is 36.8 Å². The molecule has 0 saturated heterocycles. The van der Waals surface area contributed by atoms with E-state index in [9.17, 15) is 4.39 Å². The van der Waals surface area contributed by atoms with Gasteiger partial charge in [0.2, 0.25) is 0 Å². The van der Waals surface area contributed by atoms with Crippen molar-refractivity contribution in [2.45, 2.75) is 45.2 Å². The summed E-state index contributed by atoms with van der Waals surface area (Å²) in [7, 11) is 0. The first kappa shape index (κ1) is 13.5. The average molecular weight is 250 g/mol. The summed E-state index contributed by atoms with van der Waals surface area (Å²) in [6.45, 7) is 3.67. The number of nitrogens with two attached hydrogens (primary N) is 1. The van der Waals surface area contributed by atoms with Crippen molar-refractivity contribution < 1.29 is 4.39 Å². The summed E-state index contributed by atoms with van der Waals surface area (Å²) >= 11 is 0. The van der Waals surface area contributed by atoms with Gasteiger partial charge in [-0.15, -0.1) is 0 Å². The van der Waals surface area contributed by atoms with Crippen molar-refractivity contribution in [1.29, 1.82) is 0 Å². The predicted molar refractivity (Wildman–Crippen MR) is 72.8 cm³/mol. The Balaban J connectivity index is 1.73. The fourth-order valence-corrected chi connectivity index (χ4v) is 2.63. The Morgan fingerprint density at radius 1 is 1.28 bits per heavy atom. The summed E-state index contributed by atoms with van der Waals surface area (Å²) in [5.41, 5.74) is 7.77. The van der Waals surface area contributed by atoms with Crippen molar-refractivity contribution in [2.75, 3.05) is 6.54 Å². The first-order valence-electron chi connectivity index (χ1n) is 6.86. The number of halogens is 1. The molecule has 1 aliphatic carbocycles. The lowest BCUT2D eigenvalue weighted by molar-refractivity contribution is 0.314. The van der Waals surface area contributed by atoms with Crippen LogP contribution in [-0.4, -0.2) is 12.6 Å². The van der Waals surface area contributed by atoms with Crippen LogP contribution < -0.4 is 11.1 Å². The molecule has 1 aromatic rings. The fraction of sp³-hybridized carbons (Fsp3) is 0.600. The topological polar surface area (TPSA) is 38.0 Å². The smallest absolute Gasteiger partial charge is 0.126 e. The molecule has 0 radical (unpaired) electrons. The van der Waals surface area contributed by atoms with E-state index in [1.807, 2.05) is 12.1 Å². The second kappa shape index (κ2) is 6.30. The number of nitrogens with one attached hydrogen (secondary N) is 1. The highest BCUT2D eigenvalue weighted by molar-refractivity contribution is 5.23. The van der Waals surface area contributed by atoms with Gasteiger partial charge in [0, 0.05) is 12.6 Å². The standard InChI is InChI=1S/C15H23FN2/c1-11-8-13(4-7-15(11)16)10-18-9-12-2-5-14(17)6-3-12/h4,7-8,12,14,18H,2-3,5-6,9-10,17H2,1H3. The normalized spacial score (nSPS) is 24.2. The van der Waals surface area contributed by atoms with E-state index in [0.29, 0.717) is 6.04 Å². The quantitative estimate of drug-likeness (QED) is 0.862. The van der Waals surface area contributed by atoms with Gasteiger partial charge in [-0.2, -0.15) is 0 Å². The van der Waals surface area contributed by atoms with Crippen molar-refractivity contribution in [2.24, 2.45) is 11.7 Å². The number of rotatable bonds is 4. The lowest BCUT2D eigenvalue weighted by Gasteiger charge is -2.26. The van der Waals surface area contributed by atoms with Gasteiger partial charge in [0.05, 0.1) is 0 Å². The summed E-state index contributed by atoms with van der Waals surface area (Å²) in [4.78, 5) is 0. The zero-order valence-corrected chi connectivity index (χ0v) is 11.1. The van der Waals surface area contributed by atoms with Crippen LogP contribution in [-0.2, 0) is 6.54 Å². The molecule has 0 bridgehead atoms. The maximum absolute atomic E-state index is 13.1. The van der Waals surface area contributed by atoms with Crippen LogP contribution >= 0.6 is 0 Å². The Kier molecular flexibility index (Phi) is 4.72. The molecule has 0 heterocycles. The molecule has 2 rings (SSSR count). The van der Waals surface area contributed by atoms with Gasteiger partial charge in [0.15, 0.2) is 0 Å². The van der Waals surface area contributed by atoms with Crippen LogP contribution in [0.3, 0.4) is 0 Å². The molecule has 3 N–H and O–H groups in total. The first-order valence-corrected chi connectivity index (χ1v) is 6.86. The molecule has 0 aromatic heterocycles. The van der Waals surface area contributed by atoms with Crippen LogP contribution in [0.25, 0.3) is 0 Å². The molecular weight excluding hydrogens is 227 g/mol. The molecule has 1 fully saturated rings. The summed E-state index contributed by atoms with van der Waals surface area (Å²) < 4.78 is 13.1. The highest BCUT2D eigenvalue weighted by atomic mass is 19.1. The zero-order chi connectivity index (χ0) is 13.0. The molecule has 0 unspecified atom stereocenters. The Bertz CT molecular complexity index is 384. The van der Waals surface area contributed by atoms with Crippen molar-refractivity contribution >= 4 is 0 Å². The molecule has 0 amide bonds.